The number of aryl methyl sites for hydroxylation is 1. The molecule has 1 aliphatic rings. The molecule has 1 aliphatic heterocycles. The van der Waals surface area contributed by atoms with Crippen molar-refractivity contribution in [1.82, 2.24) is 35.4 Å². The van der Waals surface area contributed by atoms with E-state index in [0.29, 0.717) is 23.2 Å². The number of fused-ring (bicyclic) bond motifs is 1. The van der Waals surface area contributed by atoms with E-state index in [2.05, 4.69) is 30.4 Å². The molecule has 9 heteroatoms. The number of nitrogens with one attached hydrogen (secondary N) is 2. The molecule has 0 spiro atoms. The third-order valence-electron chi connectivity index (χ3n) is 5.68. The molecule has 9 nitrogen and oxygen atoms in total. The monoisotopic (exact) mass is 443 g/mol. The molecule has 1 saturated heterocycles. The number of piperazine rings is 1. The van der Waals surface area contributed by atoms with Gasteiger partial charge in [-0.2, -0.15) is 5.10 Å². The lowest BCUT2D eigenvalue weighted by Gasteiger charge is -2.26. The Balaban J connectivity index is 1.35. The van der Waals surface area contributed by atoms with Crippen LogP contribution in [0, 0.1) is 6.92 Å². The highest BCUT2D eigenvalue weighted by atomic mass is 16.5. The molecule has 0 atom stereocenters. The first-order valence-electron chi connectivity index (χ1n) is 11.0. The lowest BCUT2D eigenvalue weighted by Crippen LogP contribution is -2.44. The Morgan fingerprint density at radius 1 is 1.06 bits per heavy atom. The maximum atomic E-state index is 12.6. The van der Waals surface area contributed by atoms with Crippen molar-refractivity contribution in [3.63, 3.8) is 0 Å². The summed E-state index contributed by atoms with van der Waals surface area (Å²) in [6.07, 6.45) is 3.27. The fourth-order valence-corrected chi connectivity index (χ4v) is 3.91. The van der Waals surface area contributed by atoms with Gasteiger partial charge >= 0.3 is 5.97 Å². The van der Waals surface area contributed by atoms with Gasteiger partial charge in [0.1, 0.15) is 6.61 Å². The quantitative estimate of drug-likeness (QED) is 0.438. The van der Waals surface area contributed by atoms with Gasteiger partial charge in [-0.1, -0.05) is 6.07 Å². The second-order valence-corrected chi connectivity index (χ2v) is 8.01. The van der Waals surface area contributed by atoms with E-state index in [4.69, 9.17) is 9.72 Å². The number of H-pyrrole nitrogens is 1. The average Bonchev–Trinajstić information content (AvgIpc) is 3.34. The standard InChI is InChI=1S/C24H25N7O2/c1-16-3-2-4-21(28-16)23-18(15-27-30-23)19-5-6-20-22(29-19)13-17(14-26-20)24(32)33-12-11-31-9-7-25-8-10-31/h2-6,13-15,25H,7-12H2,1H3,(H,27,30). The number of ether oxygens (including phenoxy) is 1. The predicted molar refractivity (Wildman–Crippen MR) is 125 cm³/mol. The molecule has 1 fully saturated rings. The molecule has 0 radical (unpaired) electrons. The van der Waals surface area contributed by atoms with Crippen molar-refractivity contribution in [2.75, 3.05) is 39.3 Å². The van der Waals surface area contributed by atoms with Crippen molar-refractivity contribution in [3.05, 3.63) is 60.0 Å². The van der Waals surface area contributed by atoms with E-state index in [1.807, 2.05) is 37.3 Å². The zero-order chi connectivity index (χ0) is 22.6. The summed E-state index contributed by atoms with van der Waals surface area (Å²) in [5, 5.41) is 10.5. The van der Waals surface area contributed by atoms with Gasteiger partial charge in [0.25, 0.3) is 0 Å². The molecular weight excluding hydrogens is 418 g/mol. The molecular formula is C24H25N7O2. The van der Waals surface area contributed by atoms with Crippen molar-refractivity contribution in [1.29, 1.82) is 0 Å². The van der Waals surface area contributed by atoms with Gasteiger partial charge < -0.3 is 10.1 Å². The summed E-state index contributed by atoms with van der Waals surface area (Å²) in [6, 6.07) is 11.3. The Labute approximate surface area is 191 Å². The molecule has 0 bridgehead atoms. The van der Waals surface area contributed by atoms with Crippen LogP contribution in [0.3, 0.4) is 0 Å². The van der Waals surface area contributed by atoms with Gasteiger partial charge in [-0.05, 0) is 37.3 Å². The van der Waals surface area contributed by atoms with Crippen LogP contribution >= 0.6 is 0 Å². The Bertz CT molecular complexity index is 1280. The number of hydrogen-bond acceptors (Lipinski definition) is 8. The zero-order valence-corrected chi connectivity index (χ0v) is 18.4. The van der Waals surface area contributed by atoms with Crippen LogP contribution in [-0.4, -0.2) is 75.3 Å². The highest BCUT2D eigenvalue weighted by Crippen LogP contribution is 2.29. The molecule has 0 saturated carbocycles. The first-order chi connectivity index (χ1) is 16.2. The summed E-state index contributed by atoms with van der Waals surface area (Å²) in [4.78, 5) is 28.6. The molecule has 0 aliphatic carbocycles. The molecule has 0 unspecified atom stereocenters. The van der Waals surface area contributed by atoms with Gasteiger partial charge in [0, 0.05) is 50.2 Å². The van der Waals surface area contributed by atoms with Crippen LogP contribution in [0.25, 0.3) is 33.7 Å². The topological polar surface area (TPSA) is 109 Å². The molecule has 168 valence electrons. The van der Waals surface area contributed by atoms with Crippen LogP contribution in [0.5, 0.6) is 0 Å². The Kier molecular flexibility index (Phi) is 6.05. The van der Waals surface area contributed by atoms with Gasteiger partial charge in [0.05, 0.1) is 39.9 Å². The first-order valence-corrected chi connectivity index (χ1v) is 11.0. The second-order valence-electron chi connectivity index (χ2n) is 8.01. The van der Waals surface area contributed by atoms with E-state index in [1.54, 1.807) is 12.3 Å². The second kappa shape index (κ2) is 9.43. The van der Waals surface area contributed by atoms with Gasteiger partial charge in [-0.25, -0.2) is 9.78 Å². The third-order valence-corrected chi connectivity index (χ3v) is 5.68. The van der Waals surface area contributed by atoms with Gasteiger partial charge in [-0.3, -0.25) is 20.0 Å². The minimum absolute atomic E-state index is 0.353. The van der Waals surface area contributed by atoms with E-state index < -0.39 is 0 Å². The predicted octanol–water partition coefficient (Wildman–Crippen LogP) is 2.45. The van der Waals surface area contributed by atoms with Gasteiger partial charge in [-0.15, -0.1) is 0 Å². The molecule has 5 heterocycles. The lowest BCUT2D eigenvalue weighted by atomic mass is 10.1. The van der Waals surface area contributed by atoms with Crippen molar-refractivity contribution >= 4 is 17.0 Å². The van der Waals surface area contributed by atoms with Crippen LogP contribution in [-0.2, 0) is 4.74 Å². The van der Waals surface area contributed by atoms with E-state index in [0.717, 1.165) is 61.1 Å². The summed E-state index contributed by atoms with van der Waals surface area (Å²) >= 11 is 0. The van der Waals surface area contributed by atoms with Crippen molar-refractivity contribution in [2.24, 2.45) is 0 Å². The van der Waals surface area contributed by atoms with E-state index in [-0.39, 0.29) is 5.97 Å². The maximum absolute atomic E-state index is 12.6. The highest BCUT2D eigenvalue weighted by Gasteiger charge is 2.15. The summed E-state index contributed by atoms with van der Waals surface area (Å²) in [6.45, 7) is 6.90. The molecule has 0 aromatic carbocycles. The zero-order valence-electron chi connectivity index (χ0n) is 18.4. The maximum Gasteiger partial charge on any atom is 0.339 e. The number of aromatic nitrogens is 5. The largest absolute Gasteiger partial charge is 0.461 e. The number of nitrogens with zero attached hydrogens (tertiary/aromatic N) is 5. The van der Waals surface area contributed by atoms with Crippen LogP contribution in [0.1, 0.15) is 16.1 Å². The Morgan fingerprint density at radius 3 is 2.79 bits per heavy atom. The number of rotatable bonds is 6. The number of carbonyl (C=O) groups is 1. The van der Waals surface area contributed by atoms with Crippen LogP contribution < -0.4 is 5.32 Å². The number of carbonyl (C=O) groups excluding carboxylic acids is 1. The first kappa shape index (κ1) is 21.2. The average molecular weight is 444 g/mol. The van der Waals surface area contributed by atoms with Crippen LogP contribution in [0.4, 0.5) is 0 Å². The van der Waals surface area contributed by atoms with Crippen molar-refractivity contribution in [2.45, 2.75) is 6.92 Å². The van der Waals surface area contributed by atoms with Crippen molar-refractivity contribution < 1.29 is 9.53 Å². The number of pyridine rings is 3. The molecule has 4 aromatic heterocycles. The van der Waals surface area contributed by atoms with Crippen molar-refractivity contribution in [3.8, 4) is 22.6 Å². The minimum Gasteiger partial charge on any atom is -0.461 e. The Hall–Kier alpha value is -3.69. The highest BCUT2D eigenvalue weighted by molar-refractivity contribution is 5.93. The third kappa shape index (κ3) is 4.74. The summed E-state index contributed by atoms with van der Waals surface area (Å²) < 4.78 is 5.48. The number of aromatic amines is 1. The number of esters is 1. The molecule has 2 N–H and O–H groups in total. The SMILES string of the molecule is Cc1cccc(-c2[nH]ncc2-c2ccc3ncc(C(=O)OCCN4CCNCC4)cc3n2)n1. The normalized spacial score (nSPS) is 14.5. The lowest BCUT2D eigenvalue weighted by molar-refractivity contribution is 0.0455. The Morgan fingerprint density at radius 2 is 1.94 bits per heavy atom. The number of hydrogen-bond donors (Lipinski definition) is 2. The smallest absolute Gasteiger partial charge is 0.339 e. The van der Waals surface area contributed by atoms with E-state index >= 15 is 0 Å². The molecule has 5 rings (SSSR count). The fourth-order valence-electron chi connectivity index (χ4n) is 3.91. The van der Waals surface area contributed by atoms with Gasteiger partial charge in [0.2, 0.25) is 0 Å². The molecule has 33 heavy (non-hydrogen) atoms. The summed E-state index contributed by atoms with van der Waals surface area (Å²) in [5.74, 6) is -0.389. The van der Waals surface area contributed by atoms with E-state index in [1.165, 1.54) is 6.20 Å². The molecule has 0 amide bonds. The van der Waals surface area contributed by atoms with E-state index in [9.17, 15) is 4.79 Å². The fraction of sp³-hybridized carbons (Fsp3) is 0.292. The van der Waals surface area contributed by atoms with Crippen LogP contribution in [0.15, 0.2) is 48.8 Å². The summed E-state index contributed by atoms with van der Waals surface area (Å²) in [5.41, 5.74) is 5.78. The van der Waals surface area contributed by atoms with Gasteiger partial charge in [0.15, 0.2) is 0 Å². The minimum atomic E-state index is -0.389. The van der Waals surface area contributed by atoms with Crippen LogP contribution in [0.2, 0.25) is 0 Å². The molecule has 4 aromatic rings. The summed E-state index contributed by atoms with van der Waals surface area (Å²) in [7, 11) is 0.